The Morgan fingerprint density at radius 2 is 1.94 bits per heavy atom. The molecular weight excluding hydrogens is 479 g/mol. The molecule has 0 atom stereocenters. The molecule has 172 valence electrons. The van der Waals surface area contributed by atoms with E-state index in [4.69, 9.17) is 16.6 Å². The number of hydrogen-bond acceptors (Lipinski definition) is 5. The first-order valence-electron chi connectivity index (χ1n) is 10.6. The number of carbonyl (C=O) groups is 1. The van der Waals surface area contributed by atoms with Crippen LogP contribution in [0.1, 0.15) is 23.4 Å². The molecule has 0 aliphatic carbocycles. The van der Waals surface area contributed by atoms with Gasteiger partial charge in [-0.25, -0.2) is 9.37 Å². The Kier molecular flexibility index (Phi) is 7.36. The number of thioether (sulfide) groups is 1. The number of benzene rings is 2. The van der Waals surface area contributed by atoms with Crippen molar-refractivity contribution in [3.8, 4) is 0 Å². The normalized spacial score (nSPS) is 11.3. The number of hydrogen-bond donors (Lipinski definition) is 0. The van der Waals surface area contributed by atoms with Gasteiger partial charge in [-0.15, -0.1) is 11.8 Å². The Morgan fingerprint density at radius 1 is 1.18 bits per heavy atom. The fourth-order valence-electron chi connectivity index (χ4n) is 3.60. The average molecular weight is 503 g/mol. The molecule has 0 spiro atoms. The zero-order valence-electron chi connectivity index (χ0n) is 18.6. The molecule has 0 saturated carbocycles. The highest BCUT2D eigenvalue weighted by Crippen LogP contribution is 2.33. The largest absolute Gasteiger partial charge is 0.286 e. The van der Waals surface area contributed by atoms with E-state index in [2.05, 4.69) is 5.10 Å². The van der Waals surface area contributed by atoms with Gasteiger partial charge in [-0.2, -0.15) is 5.10 Å². The van der Waals surface area contributed by atoms with Crippen LogP contribution in [0.2, 0.25) is 5.02 Å². The SMILES string of the molecule is Cc1cc(C)n(CCN(C(=O)CCSc2ccc(F)cc2)c2nc3c(C)cc(Cl)cc3s2)n1. The number of thiazole rings is 1. The van der Waals surface area contributed by atoms with E-state index >= 15 is 0 Å². The van der Waals surface area contributed by atoms with Gasteiger partial charge in [-0.1, -0.05) is 22.9 Å². The Morgan fingerprint density at radius 3 is 2.64 bits per heavy atom. The fraction of sp³-hybridized carbons (Fsp3) is 0.292. The molecule has 5 nitrogen and oxygen atoms in total. The van der Waals surface area contributed by atoms with Gasteiger partial charge in [0.05, 0.1) is 22.5 Å². The highest BCUT2D eigenvalue weighted by Gasteiger charge is 2.21. The van der Waals surface area contributed by atoms with Gasteiger partial charge in [0.1, 0.15) is 5.82 Å². The molecule has 4 rings (SSSR count). The summed E-state index contributed by atoms with van der Waals surface area (Å²) in [5, 5.41) is 5.84. The van der Waals surface area contributed by atoms with Crippen molar-refractivity contribution in [3.05, 3.63) is 70.3 Å². The van der Waals surface area contributed by atoms with Crippen molar-refractivity contribution in [2.24, 2.45) is 0 Å². The summed E-state index contributed by atoms with van der Waals surface area (Å²) in [4.78, 5) is 20.8. The molecule has 33 heavy (non-hydrogen) atoms. The lowest BCUT2D eigenvalue weighted by Crippen LogP contribution is -2.34. The first kappa shape index (κ1) is 23.7. The molecule has 4 aromatic rings. The number of carbonyl (C=O) groups excluding carboxylic acids is 1. The molecule has 2 aromatic carbocycles. The van der Waals surface area contributed by atoms with Crippen LogP contribution in [-0.4, -0.2) is 33.0 Å². The van der Waals surface area contributed by atoms with Gasteiger partial charge in [0, 0.05) is 34.3 Å². The van der Waals surface area contributed by atoms with Gasteiger partial charge in [-0.3, -0.25) is 14.4 Å². The number of fused-ring (bicyclic) bond motifs is 1. The topological polar surface area (TPSA) is 51.0 Å². The number of aryl methyl sites for hydroxylation is 3. The monoisotopic (exact) mass is 502 g/mol. The van der Waals surface area contributed by atoms with Crippen LogP contribution < -0.4 is 4.90 Å². The first-order valence-corrected chi connectivity index (χ1v) is 12.7. The van der Waals surface area contributed by atoms with Crippen molar-refractivity contribution in [2.75, 3.05) is 17.2 Å². The van der Waals surface area contributed by atoms with Crippen LogP contribution in [0, 0.1) is 26.6 Å². The molecule has 0 N–H and O–H groups in total. The van der Waals surface area contributed by atoms with Gasteiger partial charge < -0.3 is 0 Å². The summed E-state index contributed by atoms with van der Waals surface area (Å²) in [5.41, 5.74) is 3.85. The molecular formula is C24H24ClFN4OS2. The molecule has 0 unspecified atom stereocenters. The second kappa shape index (κ2) is 10.2. The van der Waals surface area contributed by atoms with Crippen molar-refractivity contribution in [1.29, 1.82) is 0 Å². The quantitative estimate of drug-likeness (QED) is 0.261. The van der Waals surface area contributed by atoms with E-state index in [-0.39, 0.29) is 11.7 Å². The lowest BCUT2D eigenvalue weighted by atomic mass is 10.2. The van der Waals surface area contributed by atoms with Gasteiger partial charge in [0.15, 0.2) is 5.13 Å². The summed E-state index contributed by atoms with van der Waals surface area (Å²) in [5.74, 6) is 0.322. The van der Waals surface area contributed by atoms with E-state index in [1.54, 1.807) is 17.0 Å². The lowest BCUT2D eigenvalue weighted by Gasteiger charge is -2.20. The molecule has 9 heteroatoms. The second-order valence-electron chi connectivity index (χ2n) is 7.81. The maximum Gasteiger partial charge on any atom is 0.229 e. The highest BCUT2D eigenvalue weighted by molar-refractivity contribution is 7.99. The standard InChI is InChI=1S/C24H24ClFN4OS2/c1-15-12-18(25)14-21-23(15)27-24(33-21)29(9-10-30-17(3)13-16(2)28-30)22(31)8-11-32-20-6-4-19(26)5-7-20/h4-7,12-14H,8-11H2,1-3H3. The third-order valence-electron chi connectivity index (χ3n) is 5.21. The van der Waals surface area contributed by atoms with Crippen LogP contribution in [0.25, 0.3) is 10.2 Å². The van der Waals surface area contributed by atoms with Crippen molar-refractivity contribution < 1.29 is 9.18 Å². The molecule has 0 aliphatic rings. The summed E-state index contributed by atoms with van der Waals surface area (Å²) < 4.78 is 16.0. The maximum atomic E-state index is 13.3. The molecule has 1 amide bonds. The van der Waals surface area contributed by atoms with Crippen molar-refractivity contribution >= 4 is 56.0 Å². The zero-order valence-corrected chi connectivity index (χ0v) is 21.0. The third-order valence-corrected chi connectivity index (χ3v) is 7.47. The van der Waals surface area contributed by atoms with Crippen molar-refractivity contribution in [3.63, 3.8) is 0 Å². The smallest absolute Gasteiger partial charge is 0.229 e. The summed E-state index contributed by atoms with van der Waals surface area (Å²) in [6.45, 7) is 6.98. The summed E-state index contributed by atoms with van der Waals surface area (Å²) >= 11 is 9.24. The van der Waals surface area contributed by atoms with Gasteiger partial charge in [-0.05, 0) is 68.8 Å². The molecule has 0 bridgehead atoms. The van der Waals surface area contributed by atoms with Crippen LogP contribution in [0.15, 0.2) is 47.4 Å². The van der Waals surface area contributed by atoms with Crippen LogP contribution in [-0.2, 0) is 11.3 Å². The highest BCUT2D eigenvalue weighted by atomic mass is 35.5. The molecule has 2 aromatic heterocycles. The predicted octanol–water partition coefficient (Wildman–Crippen LogP) is 6.43. The molecule has 0 saturated heterocycles. The molecule has 0 radical (unpaired) electrons. The summed E-state index contributed by atoms with van der Waals surface area (Å²) in [6.07, 6.45) is 0.342. The first-order chi connectivity index (χ1) is 15.8. The molecule has 0 fully saturated rings. The van der Waals surface area contributed by atoms with Crippen LogP contribution in [0.5, 0.6) is 0 Å². The molecule has 2 heterocycles. The predicted molar refractivity (Wildman–Crippen MR) is 135 cm³/mol. The molecule has 0 aliphatic heterocycles. The zero-order chi connectivity index (χ0) is 23.5. The van der Waals surface area contributed by atoms with E-state index in [0.29, 0.717) is 35.4 Å². The van der Waals surface area contributed by atoms with Crippen LogP contribution in [0.3, 0.4) is 0 Å². The van der Waals surface area contributed by atoms with E-state index in [0.717, 1.165) is 32.1 Å². The second-order valence-corrected chi connectivity index (χ2v) is 10.4. The lowest BCUT2D eigenvalue weighted by molar-refractivity contribution is -0.118. The number of nitrogens with zero attached hydrogens (tertiary/aromatic N) is 4. The Hall–Kier alpha value is -2.42. The number of anilines is 1. The number of amides is 1. The minimum Gasteiger partial charge on any atom is -0.286 e. The van der Waals surface area contributed by atoms with E-state index in [9.17, 15) is 9.18 Å². The van der Waals surface area contributed by atoms with E-state index < -0.39 is 0 Å². The number of halogens is 2. The third kappa shape index (κ3) is 5.75. The average Bonchev–Trinajstić information content (AvgIpc) is 3.32. The van der Waals surface area contributed by atoms with Crippen molar-refractivity contribution in [1.82, 2.24) is 14.8 Å². The minimum atomic E-state index is -0.267. The van der Waals surface area contributed by atoms with Gasteiger partial charge >= 0.3 is 0 Å². The Balaban J connectivity index is 1.53. The number of rotatable bonds is 8. The Bertz CT molecular complexity index is 1290. The summed E-state index contributed by atoms with van der Waals surface area (Å²) in [6, 6.07) is 12.1. The Labute approximate surface area is 205 Å². The van der Waals surface area contributed by atoms with Gasteiger partial charge in [0.2, 0.25) is 5.91 Å². The van der Waals surface area contributed by atoms with Crippen LogP contribution in [0.4, 0.5) is 9.52 Å². The van der Waals surface area contributed by atoms with Gasteiger partial charge in [0.25, 0.3) is 0 Å². The van der Waals surface area contributed by atoms with E-state index in [1.807, 2.05) is 43.7 Å². The summed E-state index contributed by atoms with van der Waals surface area (Å²) in [7, 11) is 0. The van der Waals surface area contributed by atoms with Crippen LogP contribution >= 0.6 is 34.7 Å². The van der Waals surface area contributed by atoms with E-state index in [1.165, 1.54) is 35.2 Å². The number of aromatic nitrogens is 3. The maximum absolute atomic E-state index is 13.3. The fourth-order valence-corrected chi connectivity index (χ4v) is 5.91. The minimum absolute atomic E-state index is 0.00560. The van der Waals surface area contributed by atoms with Crippen molar-refractivity contribution in [2.45, 2.75) is 38.6 Å².